The zero-order chi connectivity index (χ0) is 19.0. The van der Waals surface area contributed by atoms with E-state index in [0.29, 0.717) is 24.5 Å². The molecule has 2 heterocycles. The van der Waals surface area contributed by atoms with Crippen molar-refractivity contribution in [1.29, 1.82) is 0 Å². The molecule has 1 atom stereocenters. The highest BCUT2D eigenvalue weighted by molar-refractivity contribution is 5.90. The lowest BCUT2D eigenvalue weighted by atomic mass is 9.90. The maximum Gasteiger partial charge on any atom is 0.321 e. The maximum absolute atomic E-state index is 12.4. The first-order valence-electron chi connectivity index (χ1n) is 8.70. The van der Waals surface area contributed by atoms with E-state index in [1.807, 2.05) is 36.4 Å². The lowest BCUT2D eigenvalue weighted by Gasteiger charge is -2.20. The molecule has 1 saturated heterocycles. The van der Waals surface area contributed by atoms with Gasteiger partial charge in [0.15, 0.2) is 5.58 Å². The number of para-hydroxylation sites is 2. The largest absolute Gasteiger partial charge is 0.481 e. The molecule has 1 aromatic heterocycles. The van der Waals surface area contributed by atoms with Crippen molar-refractivity contribution in [3.05, 3.63) is 48.5 Å². The van der Waals surface area contributed by atoms with Crippen LogP contribution in [0, 0.1) is 5.41 Å². The highest BCUT2D eigenvalue weighted by Gasteiger charge is 2.42. The number of carbonyl (C=O) groups excluding carboxylic acids is 1. The molecule has 27 heavy (non-hydrogen) atoms. The van der Waals surface area contributed by atoms with Gasteiger partial charge in [-0.15, -0.1) is 0 Å². The van der Waals surface area contributed by atoms with Crippen molar-refractivity contribution in [1.82, 2.24) is 9.88 Å². The van der Waals surface area contributed by atoms with Gasteiger partial charge in [-0.1, -0.05) is 12.1 Å². The normalized spacial score (nSPS) is 19.4. The van der Waals surface area contributed by atoms with Crippen LogP contribution >= 0.6 is 0 Å². The second kappa shape index (κ2) is 6.42. The molecule has 0 aliphatic carbocycles. The number of nitrogens with one attached hydrogen (secondary N) is 1. The van der Waals surface area contributed by atoms with Crippen LogP contribution in [-0.2, 0) is 4.79 Å². The third kappa shape index (κ3) is 3.23. The SMILES string of the molecule is CC1(C(=O)O)CCN(C(=O)Nc2ccc(-c3nc4ccccc4o3)cc2)C1. The molecule has 1 aliphatic heterocycles. The van der Waals surface area contributed by atoms with Gasteiger partial charge in [0.05, 0.1) is 5.41 Å². The number of hydrogen-bond donors (Lipinski definition) is 2. The number of aromatic nitrogens is 1. The molecular formula is C20H19N3O4. The monoisotopic (exact) mass is 365 g/mol. The standard InChI is InChI=1S/C20H19N3O4/c1-20(18(24)25)10-11-23(12-20)19(26)21-14-8-6-13(7-9-14)17-22-15-4-2-3-5-16(15)27-17/h2-9H,10-12H2,1H3,(H,21,26)(H,24,25). The molecule has 2 aromatic carbocycles. The minimum absolute atomic E-state index is 0.204. The van der Waals surface area contributed by atoms with E-state index in [0.717, 1.165) is 16.7 Å². The van der Waals surface area contributed by atoms with Crippen LogP contribution in [-0.4, -0.2) is 40.1 Å². The molecule has 138 valence electrons. The van der Waals surface area contributed by atoms with E-state index in [-0.39, 0.29) is 12.6 Å². The first kappa shape index (κ1) is 17.1. The Bertz CT molecular complexity index is 978. The number of carbonyl (C=O) groups is 2. The lowest BCUT2D eigenvalue weighted by molar-refractivity contribution is -0.146. The minimum Gasteiger partial charge on any atom is -0.481 e. The average molecular weight is 365 g/mol. The zero-order valence-electron chi connectivity index (χ0n) is 14.8. The predicted octanol–water partition coefficient (Wildman–Crippen LogP) is 3.82. The van der Waals surface area contributed by atoms with Gasteiger partial charge in [-0.3, -0.25) is 4.79 Å². The Labute approximate surface area is 155 Å². The Balaban J connectivity index is 1.45. The highest BCUT2D eigenvalue weighted by Crippen LogP contribution is 2.31. The number of amides is 2. The smallest absolute Gasteiger partial charge is 0.321 e. The Morgan fingerprint density at radius 1 is 1.19 bits per heavy atom. The number of urea groups is 1. The summed E-state index contributed by atoms with van der Waals surface area (Å²) in [5, 5.41) is 12.1. The van der Waals surface area contributed by atoms with Crippen LogP contribution < -0.4 is 5.32 Å². The number of rotatable bonds is 3. The van der Waals surface area contributed by atoms with Gasteiger partial charge < -0.3 is 19.7 Å². The zero-order valence-corrected chi connectivity index (χ0v) is 14.8. The fraction of sp³-hybridized carbons (Fsp3) is 0.250. The Kier molecular flexibility index (Phi) is 4.07. The molecule has 0 radical (unpaired) electrons. The highest BCUT2D eigenvalue weighted by atomic mass is 16.4. The summed E-state index contributed by atoms with van der Waals surface area (Å²) < 4.78 is 5.74. The number of hydrogen-bond acceptors (Lipinski definition) is 4. The van der Waals surface area contributed by atoms with Gasteiger partial charge in [0.1, 0.15) is 5.52 Å². The molecule has 1 fully saturated rings. The van der Waals surface area contributed by atoms with E-state index < -0.39 is 11.4 Å². The number of nitrogens with zero attached hydrogens (tertiary/aromatic N) is 2. The molecule has 1 unspecified atom stereocenters. The number of anilines is 1. The quantitative estimate of drug-likeness (QED) is 0.735. The Hall–Kier alpha value is -3.35. The van der Waals surface area contributed by atoms with Crippen LogP contribution in [0.2, 0.25) is 0 Å². The van der Waals surface area contributed by atoms with Crippen LogP contribution in [0.4, 0.5) is 10.5 Å². The van der Waals surface area contributed by atoms with Crippen molar-refractivity contribution in [3.63, 3.8) is 0 Å². The summed E-state index contributed by atoms with van der Waals surface area (Å²) in [6.07, 6.45) is 0.451. The molecule has 0 saturated carbocycles. The van der Waals surface area contributed by atoms with Gasteiger partial charge in [-0.05, 0) is 49.7 Å². The first-order chi connectivity index (χ1) is 12.9. The van der Waals surface area contributed by atoms with Crippen LogP contribution in [0.5, 0.6) is 0 Å². The second-order valence-corrected chi connectivity index (χ2v) is 7.03. The van der Waals surface area contributed by atoms with Gasteiger partial charge in [-0.2, -0.15) is 0 Å². The topological polar surface area (TPSA) is 95.7 Å². The fourth-order valence-corrected chi connectivity index (χ4v) is 3.20. The van der Waals surface area contributed by atoms with E-state index in [1.54, 1.807) is 19.1 Å². The molecular weight excluding hydrogens is 346 g/mol. The third-order valence-corrected chi connectivity index (χ3v) is 4.95. The molecule has 0 spiro atoms. The number of carboxylic acid groups (broad SMARTS) is 1. The van der Waals surface area contributed by atoms with Crippen LogP contribution in [0.3, 0.4) is 0 Å². The number of aliphatic carboxylic acids is 1. The maximum atomic E-state index is 12.4. The van der Waals surface area contributed by atoms with Crippen LogP contribution in [0.25, 0.3) is 22.6 Å². The van der Waals surface area contributed by atoms with E-state index >= 15 is 0 Å². The predicted molar refractivity (Wildman–Crippen MR) is 100 cm³/mol. The molecule has 0 bridgehead atoms. The van der Waals surface area contributed by atoms with E-state index in [9.17, 15) is 14.7 Å². The van der Waals surface area contributed by atoms with Crippen molar-refractivity contribution < 1.29 is 19.1 Å². The number of benzene rings is 2. The van der Waals surface area contributed by atoms with Gasteiger partial charge in [-0.25, -0.2) is 9.78 Å². The lowest BCUT2D eigenvalue weighted by Crippen LogP contribution is -2.37. The second-order valence-electron chi connectivity index (χ2n) is 7.03. The summed E-state index contributed by atoms with van der Waals surface area (Å²) in [5.74, 6) is -0.355. The molecule has 3 aromatic rings. The minimum atomic E-state index is -0.881. The van der Waals surface area contributed by atoms with Gasteiger partial charge in [0, 0.05) is 24.3 Å². The summed E-state index contributed by atoms with van der Waals surface area (Å²) in [5.41, 5.74) is 2.07. The van der Waals surface area contributed by atoms with E-state index in [1.165, 1.54) is 4.90 Å². The molecule has 1 aliphatic rings. The molecule has 2 amide bonds. The van der Waals surface area contributed by atoms with Gasteiger partial charge in [0.25, 0.3) is 0 Å². The molecule has 7 heteroatoms. The van der Waals surface area contributed by atoms with E-state index in [4.69, 9.17) is 4.42 Å². The van der Waals surface area contributed by atoms with Crippen molar-refractivity contribution in [2.24, 2.45) is 5.41 Å². The van der Waals surface area contributed by atoms with E-state index in [2.05, 4.69) is 10.3 Å². The number of likely N-dealkylation sites (tertiary alicyclic amines) is 1. The Morgan fingerprint density at radius 2 is 1.93 bits per heavy atom. The van der Waals surface area contributed by atoms with Crippen molar-refractivity contribution in [2.45, 2.75) is 13.3 Å². The van der Waals surface area contributed by atoms with Gasteiger partial charge >= 0.3 is 12.0 Å². The van der Waals surface area contributed by atoms with Crippen molar-refractivity contribution >= 4 is 28.8 Å². The van der Waals surface area contributed by atoms with Gasteiger partial charge in [0.2, 0.25) is 5.89 Å². The summed E-state index contributed by atoms with van der Waals surface area (Å²) in [7, 11) is 0. The average Bonchev–Trinajstić information content (AvgIpc) is 3.27. The number of oxazole rings is 1. The summed E-state index contributed by atoms with van der Waals surface area (Å²) >= 11 is 0. The summed E-state index contributed by atoms with van der Waals surface area (Å²) in [4.78, 5) is 29.7. The van der Waals surface area contributed by atoms with Crippen molar-refractivity contribution in [2.75, 3.05) is 18.4 Å². The molecule has 4 rings (SSSR count). The first-order valence-corrected chi connectivity index (χ1v) is 8.70. The summed E-state index contributed by atoms with van der Waals surface area (Å²) in [6.45, 7) is 2.29. The molecule has 2 N–H and O–H groups in total. The third-order valence-electron chi connectivity index (χ3n) is 4.95. The Morgan fingerprint density at radius 3 is 2.59 bits per heavy atom. The van der Waals surface area contributed by atoms with Crippen LogP contribution in [0.15, 0.2) is 52.9 Å². The van der Waals surface area contributed by atoms with Crippen LogP contribution in [0.1, 0.15) is 13.3 Å². The van der Waals surface area contributed by atoms with Crippen molar-refractivity contribution in [3.8, 4) is 11.5 Å². The fourth-order valence-electron chi connectivity index (χ4n) is 3.20. The summed E-state index contributed by atoms with van der Waals surface area (Å²) in [6, 6.07) is 14.4. The number of carboxylic acids is 1. The number of fused-ring (bicyclic) bond motifs is 1. The molecule has 7 nitrogen and oxygen atoms in total.